The maximum atomic E-state index is 12.4. The van der Waals surface area contributed by atoms with Gasteiger partial charge in [0.2, 0.25) is 5.88 Å². The second-order valence-corrected chi connectivity index (χ2v) is 7.08. The quantitative estimate of drug-likeness (QED) is 0.691. The van der Waals surface area contributed by atoms with Crippen molar-refractivity contribution >= 4 is 23.3 Å². The Balaban J connectivity index is 1.37. The number of benzene rings is 1. The molecular weight excluding hydrogens is 378 g/mol. The normalized spacial score (nSPS) is 16.2. The van der Waals surface area contributed by atoms with E-state index in [9.17, 15) is 4.79 Å². The first kappa shape index (κ1) is 18.3. The van der Waals surface area contributed by atoms with Crippen molar-refractivity contribution in [2.75, 3.05) is 25.1 Å². The van der Waals surface area contributed by atoms with Crippen LogP contribution < -0.4 is 15.0 Å². The lowest BCUT2D eigenvalue weighted by molar-refractivity contribution is 0.0940. The Morgan fingerprint density at radius 2 is 2.11 bits per heavy atom. The lowest BCUT2D eigenvalue weighted by Crippen LogP contribution is -2.37. The maximum Gasteiger partial charge on any atom is 0.253 e. The fourth-order valence-corrected chi connectivity index (χ4v) is 3.37. The molecule has 3 aromatic rings. The number of pyridine rings is 1. The number of halogens is 1. The van der Waals surface area contributed by atoms with Crippen LogP contribution in [0.4, 0.5) is 5.82 Å². The highest BCUT2D eigenvalue weighted by atomic mass is 35.5. The SMILES string of the molecule is COc1ccc(C(=O)N[C@H]2CCN(c3cc(-c4ccc(Cl)cc4)[nH]n3)C2)cn1. The van der Waals surface area contributed by atoms with Crippen LogP contribution in [0.15, 0.2) is 48.7 Å². The Morgan fingerprint density at radius 1 is 1.29 bits per heavy atom. The Kier molecular flexibility index (Phi) is 5.16. The number of hydrogen-bond acceptors (Lipinski definition) is 5. The van der Waals surface area contributed by atoms with Gasteiger partial charge in [-0.3, -0.25) is 9.89 Å². The Labute approximate surface area is 167 Å². The summed E-state index contributed by atoms with van der Waals surface area (Å²) in [7, 11) is 1.54. The predicted octanol–water partition coefficient (Wildman–Crippen LogP) is 3.14. The van der Waals surface area contributed by atoms with Crippen molar-refractivity contribution in [3.05, 3.63) is 59.2 Å². The third kappa shape index (κ3) is 3.94. The van der Waals surface area contributed by atoms with Crippen LogP contribution in [-0.2, 0) is 0 Å². The summed E-state index contributed by atoms with van der Waals surface area (Å²) >= 11 is 5.95. The molecule has 2 N–H and O–H groups in total. The summed E-state index contributed by atoms with van der Waals surface area (Å²) in [6.45, 7) is 1.54. The molecule has 1 amide bonds. The van der Waals surface area contributed by atoms with Crippen LogP contribution in [0.1, 0.15) is 16.8 Å². The number of amides is 1. The van der Waals surface area contributed by atoms with Crippen LogP contribution in [0.2, 0.25) is 5.02 Å². The molecule has 0 spiro atoms. The van der Waals surface area contributed by atoms with Gasteiger partial charge in [-0.2, -0.15) is 5.10 Å². The third-order valence-electron chi connectivity index (χ3n) is 4.77. The average molecular weight is 398 g/mol. The van der Waals surface area contributed by atoms with Gasteiger partial charge in [0.25, 0.3) is 5.91 Å². The van der Waals surface area contributed by atoms with Gasteiger partial charge in [-0.1, -0.05) is 23.7 Å². The number of carbonyl (C=O) groups excluding carboxylic acids is 1. The average Bonchev–Trinajstić information content (AvgIpc) is 3.38. The first-order valence-electron chi connectivity index (χ1n) is 8.99. The van der Waals surface area contributed by atoms with E-state index < -0.39 is 0 Å². The highest BCUT2D eigenvalue weighted by Gasteiger charge is 2.26. The van der Waals surface area contributed by atoms with E-state index in [-0.39, 0.29) is 11.9 Å². The minimum atomic E-state index is -0.133. The molecule has 1 aromatic carbocycles. The van der Waals surface area contributed by atoms with E-state index in [1.54, 1.807) is 19.2 Å². The summed E-state index contributed by atoms with van der Waals surface area (Å²) in [5, 5.41) is 11.3. The van der Waals surface area contributed by atoms with Crippen LogP contribution in [0.5, 0.6) is 5.88 Å². The summed E-state index contributed by atoms with van der Waals surface area (Å²) in [5.41, 5.74) is 2.48. The maximum absolute atomic E-state index is 12.4. The van der Waals surface area contributed by atoms with Crippen LogP contribution >= 0.6 is 11.6 Å². The molecule has 28 heavy (non-hydrogen) atoms. The number of anilines is 1. The Morgan fingerprint density at radius 3 is 2.82 bits per heavy atom. The molecule has 1 aliphatic heterocycles. The van der Waals surface area contributed by atoms with Crippen LogP contribution in [0.25, 0.3) is 11.3 Å². The molecule has 1 atom stereocenters. The number of nitrogens with one attached hydrogen (secondary N) is 2. The van der Waals surface area contributed by atoms with Gasteiger partial charge >= 0.3 is 0 Å². The van der Waals surface area contributed by atoms with Crippen molar-refractivity contribution in [1.82, 2.24) is 20.5 Å². The summed E-state index contributed by atoms with van der Waals surface area (Å²) in [6.07, 6.45) is 2.38. The van der Waals surface area contributed by atoms with E-state index in [2.05, 4.69) is 25.4 Å². The molecule has 0 radical (unpaired) electrons. The van der Waals surface area contributed by atoms with Crippen LogP contribution in [0, 0.1) is 0 Å². The molecule has 1 fully saturated rings. The summed E-state index contributed by atoms with van der Waals surface area (Å²) in [6, 6.07) is 13.1. The molecular formula is C20H20ClN5O2. The van der Waals surface area contributed by atoms with E-state index in [4.69, 9.17) is 16.3 Å². The molecule has 4 rings (SSSR count). The highest BCUT2D eigenvalue weighted by molar-refractivity contribution is 6.30. The summed E-state index contributed by atoms with van der Waals surface area (Å²) in [4.78, 5) is 18.7. The first-order chi connectivity index (χ1) is 13.6. The molecule has 7 nitrogen and oxygen atoms in total. The van der Waals surface area contributed by atoms with E-state index in [1.807, 2.05) is 30.3 Å². The molecule has 0 saturated carbocycles. The molecule has 2 aromatic heterocycles. The van der Waals surface area contributed by atoms with Gasteiger partial charge in [0.1, 0.15) is 0 Å². The lowest BCUT2D eigenvalue weighted by Gasteiger charge is -2.16. The Hall–Kier alpha value is -3.06. The van der Waals surface area contributed by atoms with E-state index >= 15 is 0 Å². The standard InChI is InChI=1S/C20H20ClN5O2/c1-28-19-7-4-14(11-22-19)20(27)23-16-8-9-26(12-16)18-10-17(24-25-18)13-2-5-15(21)6-3-13/h2-7,10-11,16H,8-9,12H2,1H3,(H,23,27)(H,24,25)/t16-/m0/s1. The molecule has 1 aliphatic rings. The lowest BCUT2D eigenvalue weighted by atomic mass is 10.1. The van der Waals surface area contributed by atoms with Crippen molar-refractivity contribution < 1.29 is 9.53 Å². The van der Waals surface area contributed by atoms with Gasteiger partial charge < -0.3 is 15.0 Å². The van der Waals surface area contributed by atoms with Gasteiger partial charge in [0.15, 0.2) is 5.82 Å². The fourth-order valence-electron chi connectivity index (χ4n) is 3.24. The van der Waals surface area contributed by atoms with E-state index in [1.165, 1.54) is 6.20 Å². The number of rotatable bonds is 5. The van der Waals surface area contributed by atoms with Crippen molar-refractivity contribution in [3.63, 3.8) is 0 Å². The van der Waals surface area contributed by atoms with Crippen molar-refractivity contribution in [2.45, 2.75) is 12.5 Å². The number of ether oxygens (including phenoxy) is 1. The largest absolute Gasteiger partial charge is 0.481 e. The van der Waals surface area contributed by atoms with Gasteiger partial charge in [0, 0.05) is 42.5 Å². The van der Waals surface area contributed by atoms with Crippen molar-refractivity contribution in [3.8, 4) is 17.1 Å². The number of carbonyl (C=O) groups is 1. The van der Waals surface area contributed by atoms with Crippen molar-refractivity contribution in [1.29, 1.82) is 0 Å². The molecule has 0 unspecified atom stereocenters. The summed E-state index contributed by atoms with van der Waals surface area (Å²) in [5.74, 6) is 1.22. The van der Waals surface area contributed by atoms with Gasteiger partial charge in [-0.25, -0.2) is 4.98 Å². The second kappa shape index (κ2) is 7.90. The Bertz CT molecular complexity index is 955. The monoisotopic (exact) mass is 397 g/mol. The minimum Gasteiger partial charge on any atom is -0.481 e. The number of methoxy groups -OCH3 is 1. The predicted molar refractivity (Wildman–Crippen MR) is 108 cm³/mol. The zero-order valence-corrected chi connectivity index (χ0v) is 16.1. The number of aromatic amines is 1. The van der Waals surface area contributed by atoms with E-state index in [0.29, 0.717) is 23.0 Å². The minimum absolute atomic E-state index is 0.0604. The van der Waals surface area contributed by atoms with E-state index in [0.717, 1.165) is 30.0 Å². The molecule has 144 valence electrons. The third-order valence-corrected chi connectivity index (χ3v) is 5.03. The first-order valence-corrected chi connectivity index (χ1v) is 9.37. The molecule has 1 saturated heterocycles. The zero-order valence-electron chi connectivity index (χ0n) is 15.4. The van der Waals surface area contributed by atoms with Gasteiger partial charge in [0.05, 0.1) is 18.4 Å². The zero-order chi connectivity index (χ0) is 19.5. The number of nitrogens with zero attached hydrogens (tertiary/aromatic N) is 3. The number of hydrogen-bond donors (Lipinski definition) is 2. The summed E-state index contributed by atoms with van der Waals surface area (Å²) < 4.78 is 5.02. The second-order valence-electron chi connectivity index (χ2n) is 6.64. The molecule has 8 heteroatoms. The fraction of sp³-hybridized carbons (Fsp3) is 0.250. The van der Waals surface area contributed by atoms with Crippen LogP contribution in [-0.4, -0.2) is 47.3 Å². The number of H-pyrrole nitrogens is 1. The molecule has 0 bridgehead atoms. The topological polar surface area (TPSA) is 83.1 Å². The van der Waals surface area contributed by atoms with Crippen molar-refractivity contribution in [2.24, 2.45) is 0 Å². The van der Waals surface area contributed by atoms with Crippen LogP contribution in [0.3, 0.4) is 0 Å². The molecule has 3 heterocycles. The molecule has 0 aliphatic carbocycles. The number of aromatic nitrogens is 3. The highest BCUT2D eigenvalue weighted by Crippen LogP contribution is 2.25. The smallest absolute Gasteiger partial charge is 0.253 e. The van der Waals surface area contributed by atoms with Gasteiger partial charge in [-0.15, -0.1) is 0 Å². The van der Waals surface area contributed by atoms with Gasteiger partial charge in [-0.05, 0) is 30.2 Å².